The number of nitrogens with one attached hydrogen (secondary N) is 3. The minimum atomic E-state index is -0.332. The van der Waals surface area contributed by atoms with Crippen molar-refractivity contribution in [2.45, 2.75) is 32.2 Å². The number of rotatable bonds is 7. The molecule has 0 unspecified atom stereocenters. The van der Waals surface area contributed by atoms with E-state index < -0.39 is 0 Å². The molecule has 4 rings (SSSR count). The van der Waals surface area contributed by atoms with Crippen molar-refractivity contribution in [3.8, 4) is 0 Å². The summed E-state index contributed by atoms with van der Waals surface area (Å²) in [6.45, 7) is 2.28. The quantitative estimate of drug-likeness (QED) is 0.455. The molecule has 7 nitrogen and oxygen atoms in total. The van der Waals surface area contributed by atoms with Gasteiger partial charge in [-0.1, -0.05) is 25.0 Å². The topological polar surface area (TPSA) is 94.0 Å². The molecule has 3 heterocycles. The van der Waals surface area contributed by atoms with Crippen molar-refractivity contribution in [2.75, 3.05) is 30.4 Å². The van der Waals surface area contributed by atoms with E-state index in [1.807, 2.05) is 12.1 Å². The van der Waals surface area contributed by atoms with Gasteiger partial charge in [-0.25, -0.2) is 9.37 Å². The van der Waals surface area contributed by atoms with Gasteiger partial charge in [-0.2, -0.15) is 0 Å². The maximum Gasteiger partial charge on any atom is 0.270 e. The zero-order valence-corrected chi connectivity index (χ0v) is 19.3. The Balaban J connectivity index is 1.44. The molecule has 1 amide bonds. The fraction of sp³-hybridized carbons (Fsp3) is 0.308. The fourth-order valence-electron chi connectivity index (χ4n) is 4.02. The van der Waals surface area contributed by atoms with E-state index in [9.17, 15) is 9.18 Å². The number of pyridine rings is 2. The van der Waals surface area contributed by atoms with Crippen molar-refractivity contribution in [3.05, 3.63) is 82.9 Å². The number of hydrogen-bond acceptors (Lipinski definition) is 6. The van der Waals surface area contributed by atoms with E-state index >= 15 is 0 Å². The number of benzene rings is 1. The van der Waals surface area contributed by atoms with Crippen LogP contribution in [-0.2, 0) is 6.54 Å². The summed E-state index contributed by atoms with van der Waals surface area (Å²) in [5.74, 6) is 0.923. The standard InChI is InChI=1S/C26H29FN6O/c1-29-25-21(11-13-23(32-25)33-14-4-2-3-5-15-33)24(28)19-8-12-22(30-17-19)26(34)31-16-18-6-9-20(27)10-7-18/h6-13,17,28H,2-5,14-16H2,1H3,(H,29,32)(H,31,34). The Hall–Kier alpha value is -3.81. The zero-order chi connectivity index (χ0) is 23.9. The third-order valence-electron chi connectivity index (χ3n) is 5.97. The lowest BCUT2D eigenvalue weighted by molar-refractivity contribution is 0.0946. The van der Waals surface area contributed by atoms with Gasteiger partial charge in [0.25, 0.3) is 5.91 Å². The van der Waals surface area contributed by atoms with Crippen molar-refractivity contribution in [1.29, 1.82) is 5.41 Å². The molecule has 1 aliphatic rings. The van der Waals surface area contributed by atoms with Crippen LogP contribution in [-0.4, -0.2) is 41.7 Å². The first-order chi connectivity index (χ1) is 16.5. The van der Waals surface area contributed by atoms with E-state index in [0.717, 1.165) is 24.5 Å². The second kappa shape index (κ2) is 10.9. The summed E-state index contributed by atoms with van der Waals surface area (Å²) in [5.41, 5.74) is 2.60. The predicted molar refractivity (Wildman–Crippen MR) is 132 cm³/mol. The molecular weight excluding hydrogens is 431 g/mol. The smallest absolute Gasteiger partial charge is 0.270 e. The van der Waals surface area contributed by atoms with Crippen molar-refractivity contribution in [2.24, 2.45) is 0 Å². The summed E-state index contributed by atoms with van der Waals surface area (Å²) in [5, 5.41) is 14.6. The van der Waals surface area contributed by atoms with Crippen LogP contribution in [0.3, 0.4) is 0 Å². The first-order valence-electron chi connectivity index (χ1n) is 11.6. The monoisotopic (exact) mass is 460 g/mol. The average Bonchev–Trinajstić information content (AvgIpc) is 3.17. The molecule has 0 bridgehead atoms. The molecule has 1 aliphatic heterocycles. The lowest BCUT2D eigenvalue weighted by atomic mass is 10.0. The van der Waals surface area contributed by atoms with Crippen LogP contribution in [0.15, 0.2) is 54.7 Å². The summed E-state index contributed by atoms with van der Waals surface area (Å²) >= 11 is 0. The molecule has 34 heavy (non-hydrogen) atoms. The lowest BCUT2D eigenvalue weighted by Gasteiger charge is -2.23. The molecule has 176 valence electrons. The van der Waals surface area contributed by atoms with E-state index in [2.05, 4.69) is 20.5 Å². The van der Waals surface area contributed by atoms with Crippen LogP contribution in [0.1, 0.15) is 52.9 Å². The molecule has 8 heteroatoms. The molecule has 0 aliphatic carbocycles. The Labute approximate surface area is 199 Å². The molecule has 0 saturated carbocycles. The highest BCUT2D eigenvalue weighted by Crippen LogP contribution is 2.24. The largest absolute Gasteiger partial charge is 0.373 e. The fourth-order valence-corrected chi connectivity index (χ4v) is 4.02. The molecule has 0 spiro atoms. The summed E-state index contributed by atoms with van der Waals surface area (Å²) in [4.78, 5) is 23.8. The Morgan fingerprint density at radius 3 is 2.41 bits per heavy atom. The van der Waals surface area contributed by atoms with E-state index in [4.69, 9.17) is 10.4 Å². The van der Waals surface area contributed by atoms with Crippen molar-refractivity contribution >= 4 is 23.3 Å². The van der Waals surface area contributed by atoms with Gasteiger partial charge in [-0.05, 0) is 54.8 Å². The molecule has 1 aromatic carbocycles. The number of carbonyl (C=O) groups is 1. The van der Waals surface area contributed by atoms with E-state index in [-0.39, 0.29) is 29.7 Å². The molecule has 3 aromatic rings. The third kappa shape index (κ3) is 5.57. The Bertz CT molecular complexity index is 1140. The van der Waals surface area contributed by atoms with E-state index in [1.165, 1.54) is 44.0 Å². The average molecular weight is 461 g/mol. The second-order valence-corrected chi connectivity index (χ2v) is 8.33. The SMILES string of the molecule is CNc1nc(N2CCCCCC2)ccc1C(=N)c1ccc(C(=O)NCc2ccc(F)cc2)nc1. The zero-order valence-electron chi connectivity index (χ0n) is 19.3. The van der Waals surface area contributed by atoms with E-state index in [0.29, 0.717) is 16.9 Å². The minimum absolute atomic E-state index is 0.252. The van der Waals surface area contributed by atoms with E-state index in [1.54, 1.807) is 31.3 Å². The third-order valence-corrected chi connectivity index (χ3v) is 5.97. The highest BCUT2D eigenvalue weighted by molar-refractivity contribution is 6.13. The molecular formula is C26H29FN6O. The number of anilines is 2. The summed E-state index contributed by atoms with van der Waals surface area (Å²) in [7, 11) is 1.80. The highest BCUT2D eigenvalue weighted by atomic mass is 19.1. The van der Waals surface area contributed by atoms with Gasteiger partial charge < -0.3 is 15.5 Å². The normalized spacial score (nSPS) is 13.8. The number of hydrogen-bond donors (Lipinski definition) is 3. The van der Waals surface area contributed by atoms with Gasteiger partial charge in [0.1, 0.15) is 23.1 Å². The lowest BCUT2D eigenvalue weighted by Crippen LogP contribution is -2.25. The van der Waals surface area contributed by atoms with Crippen molar-refractivity contribution in [1.82, 2.24) is 15.3 Å². The maximum absolute atomic E-state index is 13.0. The Kier molecular flexibility index (Phi) is 7.47. The molecule has 3 N–H and O–H groups in total. The first-order valence-corrected chi connectivity index (χ1v) is 11.6. The van der Waals surface area contributed by atoms with Crippen LogP contribution in [0, 0.1) is 11.2 Å². The van der Waals surface area contributed by atoms with Gasteiger partial charge in [0.15, 0.2) is 0 Å². The van der Waals surface area contributed by atoms with Crippen LogP contribution in [0.2, 0.25) is 0 Å². The van der Waals surface area contributed by atoms with Gasteiger partial charge in [-0.3, -0.25) is 15.2 Å². The maximum atomic E-state index is 13.0. The predicted octanol–water partition coefficient (Wildman–Crippen LogP) is 4.38. The van der Waals surface area contributed by atoms with Crippen LogP contribution < -0.4 is 15.5 Å². The molecule has 0 radical (unpaired) electrons. The number of aromatic nitrogens is 2. The first kappa shape index (κ1) is 23.4. The minimum Gasteiger partial charge on any atom is -0.373 e. The van der Waals surface area contributed by atoms with Crippen LogP contribution in [0.4, 0.5) is 16.0 Å². The van der Waals surface area contributed by atoms with Gasteiger partial charge >= 0.3 is 0 Å². The number of halogens is 1. The van der Waals surface area contributed by atoms with Gasteiger partial charge in [0.05, 0.1) is 5.71 Å². The van der Waals surface area contributed by atoms with Crippen molar-refractivity contribution in [3.63, 3.8) is 0 Å². The summed E-state index contributed by atoms with van der Waals surface area (Å²) in [6.07, 6.45) is 6.38. The van der Waals surface area contributed by atoms with Crippen LogP contribution >= 0.6 is 0 Å². The van der Waals surface area contributed by atoms with Crippen LogP contribution in [0.25, 0.3) is 0 Å². The van der Waals surface area contributed by atoms with Gasteiger partial charge in [0.2, 0.25) is 0 Å². The Morgan fingerprint density at radius 1 is 1.03 bits per heavy atom. The van der Waals surface area contributed by atoms with Crippen molar-refractivity contribution < 1.29 is 9.18 Å². The molecule has 1 fully saturated rings. The molecule has 0 atom stereocenters. The number of nitrogens with zero attached hydrogens (tertiary/aromatic N) is 3. The summed E-state index contributed by atoms with van der Waals surface area (Å²) < 4.78 is 13.0. The van der Waals surface area contributed by atoms with Crippen LogP contribution in [0.5, 0.6) is 0 Å². The Morgan fingerprint density at radius 2 is 1.76 bits per heavy atom. The number of amides is 1. The van der Waals surface area contributed by atoms with Gasteiger partial charge in [-0.15, -0.1) is 0 Å². The molecule has 1 saturated heterocycles. The highest BCUT2D eigenvalue weighted by Gasteiger charge is 2.17. The number of carbonyl (C=O) groups excluding carboxylic acids is 1. The summed E-state index contributed by atoms with van der Waals surface area (Å²) in [6, 6.07) is 13.2. The molecule has 2 aromatic heterocycles. The second-order valence-electron chi connectivity index (χ2n) is 8.33. The van der Waals surface area contributed by atoms with Gasteiger partial charge in [0, 0.05) is 44.0 Å².